The molecule has 0 nitrogen and oxygen atoms in total. The van der Waals surface area contributed by atoms with Gasteiger partial charge in [0.25, 0.3) is 0 Å². The van der Waals surface area contributed by atoms with Crippen molar-refractivity contribution in [2.75, 3.05) is 0 Å². The molecule has 0 aromatic heterocycles. The summed E-state index contributed by atoms with van der Waals surface area (Å²) in [5, 5.41) is 0. The van der Waals surface area contributed by atoms with Crippen LogP contribution in [0.5, 0.6) is 0 Å². The molecule has 0 amide bonds. The van der Waals surface area contributed by atoms with Crippen molar-refractivity contribution in [1.29, 1.82) is 0 Å². The molecule has 41 heavy (non-hydrogen) atoms. The molecule has 1 saturated carbocycles. The van der Waals surface area contributed by atoms with E-state index < -0.39 is 0 Å². The minimum Gasteiger partial charge on any atom is -0.0955 e. The molecule has 0 heteroatoms. The molecule has 0 saturated heterocycles. The van der Waals surface area contributed by atoms with Crippen molar-refractivity contribution in [3.8, 4) is 0 Å². The van der Waals surface area contributed by atoms with Crippen molar-refractivity contribution >= 4 is 11.1 Å². The molecule has 2 atom stereocenters. The zero-order chi connectivity index (χ0) is 28.8. The molecule has 1 fully saturated rings. The van der Waals surface area contributed by atoms with E-state index in [1.165, 1.54) is 86.1 Å². The van der Waals surface area contributed by atoms with Gasteiger partial charge in [0.1, 0.15) is 0 Å². The molecule has 2 aromatic carbocycles. The van der Waals surface area contributed by atoms with Crippen molar-refractivity contribution in [3.63, 3.8) is 0 Å². The molecule has 2 aromatic rings. The summed E-state index contributed by atoms with van der Waals surface area (Å²) < 4.78 is 0. The van der Waals surface area contributed by atoms with E-state index in [1.54, 1.807) is 11.1 Å². The first-order chi connectivity index (χ1) is 19.7. The summed E-state index contributed by atoms with van der Waals surface area (Å²) in [4.78, 5) is 0. The van der Waals surface area contributed by atoms with Crippen molar-refractivity contribution in [2.24, 2.45) is 5.92 Å². The van der Waals surface area contributed by atoms with Crippen LogP contribution in [0.25, 0.3) is 11.1 Å². The van der Waals surface area contributed by atoms with Crippen LogP contribution in [-0.2, 0) is 12.8 Å². The van der Waals surface area contributed by atoms with E-state index in [4.69, 9.17) is 6.58 Å². The lowest BCUT2D eigenvalue weighted by molar-refractivity contribution is 0.618. The molecule has 0 heterocycles. The van der Waals surface area contributed by atoms with E-state index in [1.807, 2.05) is 0 Å². The Kier molecular flexibility index (Phi) is 7.37. The molecule has 0 bridgehead atoms. The maximum Gasteiger partial charge on any atom is 0.0201 e. The Labute approximate surface area is 248 Å². The van der Waals surface area contributed by atoms with Gasteiger partial charge in [-0.05, 0) is 132 Å². The fraction of sp³-hybridized carbons (Fsp3) is 0.317. The van der Waals surface area contributed by atoms with Crippen LogP contribution in [0.15, 0.2) is 119 Å². The minimum absolute atomic E-state index is 0.303. The van der Waals surface area contributed by atoms with E-state index in [9.17, 15) is 0 Å². The van der Waals surface area contributed by atoms with E-state index in [0.29, 0.717) is 11.8 Å². The monoisotopic (exact) mass is 536 g/mol. The average molecular weight is 537 g/mol. The lowest BCUT2D eigenvalue weighted by Gasteiger charge is -2.35. The standard InChI is InChI=1S/C41H44/c1-8-10-27(5)39-28(6)19-37-23-36(29(7)40(37)41(39)35-18-17-31-11-9-12-33(31)22-35)21-30-14-16-34(20-30)38-24-32(25(2)3)15-13-26(38)4/h13-19,21-22,24,40-41H,2,5,7-12,20,23H2,1,3-4,6H3. The lowest BCUT2D eigenvalue weighted by atomic mass is 9.69. The average Bonchev–Trinajstić information content (AvgIpc) is 3.67. The Morgan fingerprint density at radius 1 is 0.951 bits per heavy atom. The van der Waals surface area contributed by atoms with Crippen molar-refractivity contribution < 1.29 is 0 Å². The van der Waals surface area contributed by atoms with E-state index in [-0.39, 0.29) is 0 Å². The van der Waals surface area contributed by atoms with Crippen molar-refractivity contribution in [3.05, 3.63) is 153 Å². The second kappa shape index (κ2) is 11.0. The van der Waals surface area contributed by atoms with Crippen LogP contribution < -0.4 is 0 Å². The third kappa shape index (κ3) is 5.03. The second-order valence-corrected chi connectivity index (χ2v) is 12.8. The summed E-state index contributed by atoms with van der Waals surface area (Å²) in [5.41, 5.74) is 20.7. The molecule has 0 N–H and O–H groups in total. The molecule has 0 aliphatic heterocycles. The highest BCUT2D eigenvalue weighted by molar-refractivity contribution is 5.78. The molecule has 0 spiro atoms. The molecule has 2 unspecified atom stereocenters. The number of benzene rings is 2. The van der Waals surface area contributed by atoms with Crippen molar-refractivity contribution in [2.45, 2.75) is 78.6 Å². The fourth-order valence-electron chi connectivity index (χ4n) is 7.70. The maximum absolute atomic E-state index is 4.78. The van der Waals surface area contributed by atoms with Gasteiger partial charge in [-0.25, -0.2) is 0 Å². The number of hydrogen-bond donors (Lipinski definition) is 0. The van der Waals surface area contributed by atoms with Crippen LogP contribution in [0.3, 0.4) is 0 Å². The SMILES string of the molecule is C=C(CCC)C1=C(C)C=C2CC(=CC3=CC=C(c4cc(C(=C)C)ccc4C)C3)C(=C)C2C1c1ccc2c(c1)CCC2. The van der Waals surface area contributed by atoms with Gasteiger partial charge in [-0.1, -0.05) is 104 Å². The Bertz CT molecular complexity index is 1640. The summed E-state index contributed by atoms with van der Waals surface area (Å²) in [7, 11) is 0. The minimum atomic E-state index is 0.303. The molecule has 6 rings (SSSR count). The largest absolute Gasteiger partial charge is 0.0955 e. The van der Waals surface area contributed by atoms with Crippen LogP contribution in [0, 0.1) is 12.8 Å². The second-order valence-electron chi connectivity index (χ2n) is 12.8. The van der Waals surface area contributed by atoms with E-state index in [2.05, 4.69) is 102 Å². The Morgan fingerprint density at radius 2 is 1.76 bits per heavy atom. The quantitative estimate of drug-likeness (QED) is 0.330. The van der Waals surface area contributed by atoms with Gasteiger partial charge >= 0.3 is 0 Å². The number of hydrogen-bond acceptors (Lipinski definition) is 0. The molecule has 4 aliphatic carbocycles. The third-order valence-corrected chi connectivity index (χ3v) is 9.80. The predicted octanol–water partition coefficient (Wildman–Crippen LogP) is 11.1. The third-order valence-electron chi connectivity index (χ3n) is 9.80. The van der Waals surface area contributed by atoms with Gasteiger partial charge in [0.2, 0.25) is 0 Å². The number of rotatable bonds is 7. The summed E-state index contributed by atoms with van der Waals surface area (Å²) in [6.45, 7) is 22.4. The maximum atomic E-state index is 4.78. The van der Waals surface area contributed by atoms with Gasteiger partial charge in [0.05, 0.1) is 0 Å². The normalized spacial score (nSPS) is 22.5. The molecular weight excluding hydrogens is 492 g/mol. The predicted molar refractivity (Wildman–Crippen MR) is 178 cm³/mol. The lowest BCUT2D eigenvalue weighted by Crippen LogP contribution is -2.21. The van der Waals surface area contributed by atoms with Gasteiger partial charge in [-0.2, -0.15) is 0 Å². The van der Waals surface area contributed by atoms with Crippen LogP contribution in [-0.4, -0.2) is 0 Å². The zero-order valence-corrected chi connectivity index (χ0v) is 25.5. The zero-order valence-electron chi connectivity index (χ0n) is 25.5. The highest BCUT2D eigenvalue weighted by Gasteiger charge is 2.41. The summed E-state index contributed by atoms with van der Waals surface area (Å²) in [6.07, 6.45) is 17.4. The van der Waals surface area contributed by atoms with Gasteiger partial charge in [0, 0.05) is 11.8 Å². The molecule has 208 valence electrons. The summed E-state index contributed by atoms with van der Waals surface area (Å²) >= 11 is 0. The van der Waals surface area contributed by atoms with E-state index in [0.717, 1.165) is 31.3 Å². The first kappa shape index (κ1) is 27.5. The molecule has 0 radical (unpaired) electrons. The molecule has 4 aliphatic rings. The highest BCUT2D eigenvalue weighted by atomic mass is 14.4. The van der Waals surface area contributed by atoms with Gasteiger partial charge in [0.15, 0.2) is 0 Å². The topological polar surface area (TPSA) is 0 Å². The Morgan fingerprint density at radius 3 is 2.54 bits per heavy atom. The number of aryl methyl sites for hydroxylation is 3. The van der Waals surface area contributed by atoms with Crippen molar-refractivity contribution in [1.82, 2.24) is 0 Å². The van der Waals surface area contributed by atoms with Crippen LogP contribution in [0.4, 0.5) is 0 Å². The van der Waals surface area contributed by atoms with Gasteiger partial charge in [-0.3, -0.25) is 0 Å². The Hall–Kier alpha value is -3.64. The van der Waals surface area contributed by atoms with Crippen LogP contribution >= 0.6 is 0 Å². The fourth-order valence-corrected chi connectivity index (χ4v) is 7.70. The van der Waals surface area contributed by atoms with Gasteiger partial charge < -0.3 is 0 Å². The van der Waals surface area contributed by atoms with Gasteiger partial charge in [-0.15, -0.1) is 0 Å². The van der Waals surface area contributed by atoms with E-state index >= 15 is 0 Å². The summed E-state index contributed by atoms with van der Waals surface area (Å²) in [5.74, 6) is 0.620. The number of fused-ring (bicyclic) bond motifs is 2. The first-order valence-corrected chi connectivity index (χ1v) is 15.5. The van der Waals surface area contributed by atoms with Crippen LogP contribution in [0.1, 0.15) is 92.2 Å². The molecular formula is C41H44. The van der Waals surface area contributed by atoms with Crippen LogP contribution in [0.2, 0.25) is 0 Å². The summed E-state index contributed by atoms with van der Waals surface area (Å²) in [6, 6.07) is 14.1. The number of allylic oxidation sites excluding steroid dienone is 13. The highest BCUT2D eigenvalue weighted by Crippen LogP contribution is 2.55. The first-order valence-electron chi connectivity index (χ1n) is 15.5. The smallest absolute Gasteiger partial charge is 0.0201 e. The Balaban J connectivity index is 1.31.